The maximum Gasteiger partial charge on any atom is 0.311 e. The van der Waals surface area contributed by atoms with Gasteiger partial charge in [0.25, 0.3) is 40.5 Å². The van der Waals surface area contributed by atoms with Crippen molar-refractivity contribution in [2.45, 2.75) is 278 Å². The van der Waals surface area contributed by atoms with E-state index in [0.29, 0.717) is 119 Å². The molecule has 4 aliphatic rings. The minimum Gasteiger partial charge on any atom is -0.481 e. The highest BCUT2D eigenvalue weighted by atomic mass is 32.2. The highest BCUT2D eigenvalue weighted by Gasteiger charge is 2.47. The van der Waals surface area contributed by atoms with Crippen molar-refractivity contribution >= 4 is 136 Å². The number of rotatable bonds is 54. The molecule has 8 heterocycles. The summed E-state index contributed by atoms with van der Waals surface area (Å²) < 4.78 is 172. The lowest BCUT2D eigenvalue weighted by Gasteiger charge is -2.27. The van der Waals surface area contributed by atoms with E-state index in [-0.39, 0.29) is 130 Å². The SMILES string of the molecule is Cc1ncc([C@@H](CCCCCCc2nc3c(cc2CNC(=O)CCC(=O)NCCCC[C@H](NC(=O)CCCN(C)S(=O)(=O)c2cccc4c5c(ccc24)N(CCCS(=O)(=O)O)/C(=C/C=C/C=C/C2=[N+](CCCS(=O)(=O)O)c4ccc6c(S(=O)(=O)O)cc(S(=O)(=O)O)cc6c4C2(C)C)C5(C)C)C(=O)CCc2cc4c(nc2CCCCCCC[C@@H](C(=O)O)c2cnc(C)nc2)NCCC4)CCCN3)CC(=O)O)cn1. The predicted octanol–water partition coefficient (Wildman–Crippen LogP) is 13.9. The molecule has 3 amide bonds. The van der Waals surface area contributed by atoms with Gasteiger partial charge in [0.15, 0.2) is 11.5 Å². The first kappa shape index (κ1) is 110. The monoisotopic (exact) mass is 2050 g/mol. The highest BCUT2D eigenvalue weighted by Crippen LogP contribution is 2.52. The van der Waals surface area contributed by atoms with E-state index in [1.807, 2.05) is 18.7 Å². The summed E-state index contributed by atoms with van der Waals surface area (Å²) in [5.41, 5.74) is 8.16. The Kier molecular flexibility index (Phi) is 37.3. The predicted molar refractivity (Wildman–Crippen MR) is 541 cm³/mol. The lowest BCUT2D eigenvalue weighted by Crippen LogP contribution is -2.41. The van der Waals surface area contributed by atoms with Gasteiger partial charge in [-0.05, 0) is 223 Å². The molecule has 4 aromatic carbocycles. The van der Waals surface area contributed by atoms with Crippen LogP contribution in [0.25, 0.3) is 21.5 Å². The Hall–Kier alpha value is -11.3. The second-order valence-corrected chi connectivity index (χ2v) is 46.2. The number of pyridine rings is 2. The second kappa shape index (κ2) is 48.4. The van der Waals surface area contributed by atoms with Gasteiger partial charge in [-0.15, -0.1) is 0 Å². The van der Waals surface area contributed by atoms with Crippen molar-refractivity contribution in [3.05, 3.63) is 195 Å². The molecule has 36 nitrogen and oxygen atoms in total. The minimum atomic E-state index is -5.09. The van der Waals surface area contributed by atoms with Gasteiger partial charge in [0.05, 0.1) is 45.1 Å². The number of sulfonamides is 1. The number of fused-ring (bicyclic) bond motifs is 8. The van der Waals surface area contributed by atoms with E-state index in [1.54, 1.807) is 112 Å². The van der Waals surface area contributed by atoms with Gasteiger partial charge < -0.3 is 41.7 Å². The first-order valence-corrected chi connectivity index (χ1v) is 56.2. The van der Waals surface area contributed by atoms with Crippen LogP contribution in [-0.2, 0) is 129 Å². The first-order valence-electron chi connectivity index (χ1n) is 48.6. The zero-order valence-corrected chi connectivity index (χ0v) is 85.5. The van der Waals surface area contributed by atoms with Crippen LogP contribution in [0.1, 0.15) is 261 Å². The molecule has 0 fully saturated rings. The van der Waals surface area contributed by atoms with Crippen molar-refractivity contribution in [1.29, 1.82) is 0 Å². The molecule has 4 aliphatic heterocycles. The Morgan fingerprint density at radius 2 is 1.14 bits per heavy atom. The average molecular weight is 2050 g/mol. The van der Waals surface area contributed by atoms with Crippen LogP contribution >= 0.6 is 0 Å². The van der Waals surface area contributed by atoms with Crippen molar-refractivity contribution < 1.29 is 104 Å². The molecule has 12 rings (SSSR count). The number of amides is 3. The van der Waals surface area contributed by atoms with E-state index >= 15 is 8.42 Å². The molecule has 142 heavy (non-hydrogen) atoms. The number of carboxylic acids is 2. The fourth-order valence-electron chi connectivity index (χ4n) is 19.7. The van der Waals surface area contributed by atoms with Crippen molar-refractivity contribution in [2.24, 2.45) is 0 Å². The first-order chi connectivity index (χ1) is 67.3. The largest absolute Gasteiger partial charge is 0.481 e. The van der Waals surface area contributed by atoms with Crippen LogP contribution in [0.2, 0.25) is 0 Å². The van der Waals surface area contributed by atoms with E-state index in [4.69, 9.17) is 9.97 Å². The number of carbonyl (C=O) groups excluding carboxylic acids is 4. The number of nitrogens with one attached hydrogen (secondary N) is 5. The van der Waals surface area contributed by atoms with Crippen molar-refractivity contribution in [3.63, 3.8) is 0 Å². The van der Waals surface area contributed by atoms with E-state index in [9.17, 15) is 90.9 Å². The van der Waals surface area contributed by atoms with Gasteiger partial charge >= 0.3 is 11.9 Å². The van der Waals surface area contributed by atoms with Crippen molar-refractivity contribution in [2.75, 3.05) is 73.4 Å². The molecular weight excluding hydrogens is 1920 g/mol. The number of aliphatic carboxylic acids is 2. The fourth-order valence-corrected chi connectivity index (χ4v) is 23.4. The lowest BCUT2D eigenvalue weighted by molar-refractivity contribution is -0.437. The molecule has 0 radical (unpaired) electrons. The number of hydrogen-bond acceptors (Lipinski definition) is 25. The van der Waals surface area contributed by atoms with Crippen LogP contribution in [0.4, 0.5) is 23.0 Å². The van der Waals surface area contributed by atoms with Crippen LogP contribution in [0, 0.1) is 13.8 Å². The number of carboxylic acid groups (broad SMARTS) is 2. The van der Waals surface area contributed by atoms with Gasteiger partial charge in [0, 0.05) is 165 Å². The summed E-state index contributed by atoms with van der Waals surface area (Å²) in [4.78, 5) is 107. The quantitative estimate of drug-likeness (QED) is 0.00730. The van der Waals surface area contributed by atoms with Crippen molar-refractivity contribution in [3.8, 4) is 0 Å². The van der Waals surface area contributed by atoms with Crippen LogP contribution in [0.5, 0.6) is 0 Å². The number of unbranched alkanes of at least 4 members (excludes halogenated alkanes) is 8. The molecular formula is C101H131N14O22S5+. The third-order valence-corrected chi connectivity index (χ3v) is 32.3. The normalized spacial score (nSPS) is 15.7. The van der Waals surface area contributed by atoms with E-state index in [2.05, 4.69) is 58.7 Å². The number of allylic oxidation sites excluding steroid dienone is 6. The lowest BCUT2D eigenvalue weighted by atomic mass is 9.79. The van der Waals surface area contributed by atoms with Crippen molar-refractivity contribution in [1.82, 2.24) is 50.2 Å². The molecule has 41 heteroatoms. The number of ketones is 1. The summed E-state index contributed by atoms with van der Waals surface area (Å²) in [6.45, 7) is 12.8. The molecule has 0 spiro atoms. The Morgan fingerprint density at radius 3 is 1.77 bits per heavy atom. The summed E-state index contributed by atoms with van der Waals surface area (Å²) >= 11 is 0. The van der Waals surface area contributed by atoms with Gasteiger partial charge in [-0.2, -0.15) is 38.2 Å². The van der Waals surface area contributed by atoms with Gasteiger partial charge in [0.1, 0.15) is 34.7 Å². The maximum absolute atomic E-state index is 15.1. The Balaban J connectivity index is 0.702. The molecule has 0 aliphatic carbocycles. The molecule has 766 valence electrons. The molecule has 3 atom stereocenters. The number of nitrogens with zero attached hydrogens (tertiary/aromatic N) is 9. The Labute approximate surface area is 831 Å². The molecule has 0 saturated heterocycles. The molecule has 8 aromatic rings. The molecule has 0 bridgehead atoms. The van der Waals surface area contributed by atoms with Crippen LogP contribution in [0.3, 0.4) is 0 Å². The van der Waals surface area contributed by atoms with E-state index in [1.165, 1.54) is 25.2 Å². The number of anilines is 3. The van der Waals surface area contributed by atoms with Gasteiger partial charge in [-0.1, -0.05) is 101 Å². The van der Waals surface area contributed by atoms with Gasteiger partial charge in [-0.3, -0.25) is 47.0 Å². The summed E-state index contributed by atoms with van der Waals surface area (Å²) in [7, 11) is -22.0. The standard InChI is InChI=1S/C101H130N14O22S5/c1-66-105-62-73(63-106-66)68(58-94(120)121)28-14-11-12-17-34-82-72(57-71-30-24-50-104-98(71)112-82)61-109-92(118)47-46-91(117)102-48-21-20-35-83(86(116)45-40-69-56-70-29-23-49-103-97(70)111-81(69)33-16-10-8-9-15-31-76(99(122)123)74-64-107-67(2)108-65-74)110-93(119)39-25-51-113(7)140(130,131)87-36-22-32-79-77(87)41-43-84-95(79)100(3,4)89(114(84)52-26-54-138(124,125)126)37-18-13-19-38-90-101(5,6)96-80-59-75(141(132,133)134)60-88(142(135,136)137)78(80)42-44-85(96)115(90)53-27-55-139(127,128)129/h13,18-19,22,32,36-38,41-44,56-57,59-60,62-65,68,76,83H,8-12,14-17,20-21,23-31,33-35,39-40,45-55,58,61H2,1-7H3,(H10-,102,103,104,109,110,111,112,117,118,119,120,121,122,123,124,125,126,127,128,129,132,133,134,135,136,137)/p+1/t68-,76+,83-/m0/s1. The third-order valence-electron chi connectivity index (χ3n) is 27.0. The topological polar surface area (TPSA) is 541 Å². The smallest absolute Gasteiger partial charge is 0.311 e. The number of Topliss-reactive ketones (excluding diaryl/α,β-unsaturated/α-hetero) is 1. The molecule has 4 aromatic heterocycles. The summed E-state index contributed by atoms with van der Waals surface area (Å²) in [6.07, 6.45) is 29.5. The van der Waals surface area contributed by atoms with Gasteiger partial charge in [0.2, 0.25) is 33.4 Å². The van der Waals surface area contributed by atoms with Crippen LogP contribution in [-0.4, -0.2) is 214 Å². The second-order valence-electron chi connectivity index (χ2n) is 38.2. The number of aryl methyl sites for hydroxylation is 7. The highest BCUT2D eigenvalue weighted by molar-refractivity contribution is 7.89. The maximum atomic E-state index is 15.1. The average Bonchev–Trinajstić information content (AvgIpc) is 1.56. The Morgan fingerprint density at radius 1 is 0.556 bits per heavy atom. The third kappa shape index (κ3) is 29.1. The van der Waals surface area contributed by atoms with E-state index < -0.39 is 112 Å². The van der Waals surface area contributed by atoms with Gasteiger partial charge in [-0.25, -0.2) is 42.6 Å². The number of hydrogen-bond donors (Lipinski definition) is 11. The zero-order valence-electron chi connectivity index (χ0n) is 81.4. The fraction of sp³-hybridized carbons (Fsp3) is 0.495. The van der Waals surface area contributed by atoms with Crippen LogP contribution < -0.4 is 31.5 Å². The minimum absolute atomic E-state index is 0.00430. The number of carbonyl (C=O) groups is 6. The number of benzene rings is 4. The van der Waals surface area contributed by atoms with E-state index in [0.717, 1.165) is 151 Å². The summed E-state index contributed by atoms with van der Waals surface area (Å²) in [5, 5.41) is 36.3. The van der Waals surface area contributed by atoms with Crippen LogP contribution in [0.15, 0.2) is 142 Å². The zero-order chi connectivity index (χ0) is 103. The Bertz CT molecular complexity index is 6760. The molecule has 0 unspecified atom stereocenters. The number of aromatic nitrogens is 6. The molecule has 0 saturated carbocycles. The molecule has 11 N–H and O–H groups in total. The summed E-state index contributed by atoms with van der Waals surface area (Å²) in [6, 6.07) is 16.2. The summed E-state index contributed by atoms with van der Waals surface area (Å²) in [5.74, 6) is -2.47.